The van der Waals surface area contributed by atoms with Crippen LogP contribution in [0.2, 0.25) is 0 Å². The molecule has 0 atom stereocenters. The van der Waals surface area contributed by atoms with Gasteiger partial charge in [0.15, 0.2) is 0 Å². The number of carbonyl (C=O) groups is 1. The molecule has 1 heterocycles. The normalized spacial score (nSPS) is 10.3. The molecule has 0 fully saturated rings. The first-order valence-corrected chi connectivity index (χ1v) is 9.42. The first-order valence-electron chi connectivity index (χ1n) is 9.42. The maximum Gasteiger partial charge on any atom is 0.252 e. The van der Waals surface area contributed by atoms with Crippen LogP contribution in [0, 0.1) is 0 Å². The minimum atomic E-state index is -0.137. The van der Waals surface area contributed by atoms with Gasteiger partial charge in [0.1, 0.15) is 17.3 Å². The van der Waals surface area contributed by atoms with E-state index in [-0.39, 0.29) is 5.91 Å². The van der Waals surface area contributed by atoms with Gasteiger partial charge in [-0.3, -0.25) is 4.79 Å². The lowest BCUT2D eigenvalue weighted by molar-refractivity contribution is 0.0954. The highest BCUT2D eigenvalue weighted by Crippen LogP contribution is 2.14. The second-order valence-electron chi connectivity index (χ2n) is 6.49. The molecule has 2 N–H and O–H groups in total. The number of amides is 1. The molecule has 1 amide bonds. The van der Waals surface area contributed by atoms with Crippen molar-refractivity contribution in [2.24, 2.45) is 0 Å². The van der Waals surface area contributed by atoms with Crippen LogP contribution in [0.25, 0.3) is 0 Å². The molecule has 0 saturated carbocycles. The predicted molar refractivity (Wildman–Crippen MR) is 114 cm³/mol. The first-order chi connectivity index (χ1) is 14.2. The van der Waals surface area contributed by atoms with E-state index in [0.29, 0.717) is 24.5 Å². The lowest BCUT2D eigenvalue weighted by Gasteiger charge is -2.09. The smallest absolute Gasteiger partial charge is 0.252 e. The highest BCUT2D eigenvalue weighted by molar-refractivity contribution is 5.94. The molecule has 0 aliphatic carbocycles. The van der Waals surface area contributed by atoms with E-state index in [0.717, 1.165) is 29.0 Å². The average Bonchev–Trinajstić information content (AvgIpc) is 2.78. The zero-order valence-corrected chi connectivity index (χ0v) is 16.6. The number of nitrogens with one attached hydrogen (secondary N) is 2. The van der Waals surface area contributed by atoms with Crippen molar-refractivity contribution in [1.82, 2.24) is 10.3 Å². The van der Waals surface area contributed by atoms with Gasteiger partial charge in [-0.2, -0.15) is 0 Å². The summed E-state index contributed by atoms with van der Waals surface area (Å²) in [4.78, 5) is 16.6. The Kier molecular flexibility index (Phi) is 7.05. The molecule has 150 valence electrons. The van der Waals surface area contributed by atoms with Crippen LogP contribution in [-0.2, 0) is 13.0 Å². The van der Waals surface area contributed by atoms with Gasteiger partial charge < -0.3 is 20.1 Å². The quantitative estimate of drug-likeness (QED) is 0.582. The highest BCUT2D eigenvalue weighted by Gasteiger charge is 2.06. The largest absolute Gasteiger partial charge is 0.497 e. The number of ether oxygens (including phenoxy) is 2. The maximum absolute atomic E-state index is 12.3. The lowest BCUT2D eigenvalue weighted by Crippen LogP contribution is -2.25. The van der Waals surface area contributed by atoms with Crippen LogP contribution in [0.1, 0.15) is 21.5 Å². The second kappa shape index (κ2) is 10.1. The van der Waals surface area contributed by atoms with E-state index in [1.54, 1.807) is 32.5 Å². The number of rotatable bonds is 9. The van der Waals surface area contributed by atoms with Crippen molar-refractivity contribution in [2.75, 3.05) is 26.1 Å². The minimum absolute atomic E-state index is 0.137. The molecule has 0 spiro atoms. The fraction of sp³-hybridized carbons (Fsp3) is 0.217. The van der Waals surface area contributed by atoms with Crippen molar-refractivity contribution in [3.8, 4) is 11.5 Å². The van der Waals surface area contributed by atoms with E-state index < -0.39 is 0 Å². The Bertz CT molecular complexity index is 925. The molecule has 6 heteroatoms. The van der Waals surface area contributed by atoms with Gasteiger partial charge in [0.2, 0.25) is 0 Å². The van der Waals surface area contributed by atoms with Crippen LogP contribution in [0.5, 0.6) is 11.5 Å². The summed E-state index contributed by atoms with van der Waals surface area (Å²) in [5.74, 6) is 2.22. The number of anilines is 1. The zero-order valence-electron chi connectivity index (χ0n) is 16.6. The summed E-state index contributed by atoms with van der Waals surface area (Å²) < 4.78 is 10.4. The molecule has 6 nitrogen and oxygen atoms in total. The van der Waals surface area contributed by atoms with Crippen LogP contribution in [0.15, 0.2) is 66.9 Å². The van der Waals surface area contributed by atoms with Gasteiger partial charge in [0.25, 0.3) is 5.91 Å². The Morgan fingerprint density at radius 1 is 0.931 bits per heavy atom. The number of benzene rings is 2. The van der Waals surface area contributed by atoms with Crippen LogP contribution in [0.3, 0.4) is 0 Å². The fourth-order valence-electron chi connectivity index (χ4n) is 2.82. The Morgan fingerprint density at radius 3 is 2.41 bits per heavy atom. The number of pyridine rings is 1. The number of nitrogens with zero attached hydrogens (tertiary/aromatic N) is 1. The first kappa shape index (κ1) is 20.2. The SMILES string of the molecule is COc1ccc(CNc2ccc(C(=O)NCCc3cccc(OC)c3)cn2)cc1. The summed E-state index contributed by atoms with van der Waals surface area (Å²) in [6.07, 6.45) is 2.31. The highest BCUT2D eigenvalue weighted by atomic mass is 16.5. The summed E-state index contributed by atoms with van der Waals surface area (Å²) in [7, 11) is 3.29. The van der Waals surface area contributed by atoms with Gasteiger partial charge in [0.05, 0.1) is 19.8 Å². The average molecular weight is 391 g/mol. The molecule has 3 rings (SSSR count). The van der Waals surface area contributed by atoms with Crippen molar-refractivity contribution < 1.29 is 14.3 Å². The lowest BCUT2D eigenvalue weighted by atomic mass is 10.1. The molecule has 0 unspecified atom stereocenters. The molecule has 0 aliphatic rings. The van der Waals surface area contributed by atoms with Gasteiger partial charge in [0, 0.05) is 19.3 Å². The summed E-state index contributed by atoms with van der Waals surface area (Å²) >= 11 is 0. The van der Waals surface area contributed by atoms with Crippen molar-refractivity contribution >= 4 is 11.7 Å². The molecule has 2 aromatic carbocycles. The topological polar surface area (TPSA) is 72.5 Å². The van der Waals surface area contributed by atoms with Gasteiger partial charge in [-0.05, 0) is 53.9 Å². The van der Waals surface area contributed by atoms with E-state index in [9.17, 15) is 4.79 Å². The molecule has 3 aromatic rings. The van der Waals surface area contributed by atoms with Gasteiger partial charge in [-0.25, -0.2) is 4.98 Å². The second-order valence-corrected chi connectivity index (χ2v) is 6.49. The molecule has 0 saturated heterocycles. The molecule has 29 heavy (non-hydrogen) atoms. The van der Waals surface area contributed by atoms with Crippen LogP contribution < -0.4 is 20.1 Å². The Hall–Kier alpha value is -3.54. The number of hydrogen-bond donors (Lipinski definition) is 2. The maximum atomic E-state index is 12.3. The zero-order chi connectivity index (χ0) is 20.5. The van der Waals surface area contributed by atoms with Gasteiger partial charge in [-0.15, -0.1) is 0 Å². The van der Waals surface area contributed by atoms with Gasteiger partial charge in [-0.1, -0.05) is 24.3 Å². The van der Waals surface area contributed by atoms with E-state index >= 15 is 0 Å². The fourth-order valence-corrected chi connectivity index (χ4v) is 2.82. The summed E-state index contributed by atoms with van der Waals surface area (Å²) in [5, 5.41) is 6.17. The predicted octanol–water partition coefficient (Wildman–Crippen LogP) is 3.68. The van der Waals surface area contributed by atoms with Crippen molar-refractivity contribution in [1.29, 1.82) is 0 Å². The third-order valence-corrected chi connectivity index (χ3v) is 4.49. The number of methoxy groups -OCH3 is 2. The molecular weight excluding hydrogens is 366 g/mol. The van der Waals surface area contributed by atoms with Crippen molar-refractivity contribution in [2.45, 2.75) is 13.0 Å². The number of carbonyl (C=O) groups excluding carboxylic acids is 1. The van der Waals surface area contributed by atoms with E-state index in [1.165, 1.54) is 0 Å². The Labute approximate surface area is 170 Å². The van der Waals surface area contributed by atoms with Crippen LogP contribution in [0.4, 0.5) is 5.82 Å². The van der Waals surface area contributed by atoms with Crippen molar-refractivity contribution in [3.05, 3.63) is 83.6 Å². The van der Waals surface area contributed by atoms with E-state index in [2.05, 4.69) is 15.6 Å². The van der Waals surface area contributed by atoms with Crippen molar-refractivity contribution in [3.63, 3.8) is 0 Å². The van der Waals surface area contributed by atoms with Crippen LogP contribution in [-0.4, -0.2) is 31.7 Å². The third kappa shape index (κ3) is 5.97. The number of aromatic nitrogens is 1. The molecule has 1 aromatic heterocycles. The molecule has 0 aliphatic heterocycles. The minimum Gasteiger partial charge on any atom is -0.497 e. The number of hydrogen-bond acceptors (Lipinski definition) is 5. The summed E-state index contributed by atoms with van der Waals surface area (Å²) in [5.41, 5.74) is 2.76. The Balaban J connectivity index is 1.46. The summed E-state index contributed by atoms with van der Waals surface area (Å²) in [6, 6.07) is 19.2. The Morgan fingerprint density at radius 2 is 1.72 bits per heavy atom. The van der Waals surface area contributed by atoms with Crippen LogP contribution >= 0.6 is 0 Å². The van der Waals surface area contributed by atoms with Gasteiger partial charge >= 0.3 is 0 Å². The van der Waals surface area contributed by atoms with E-state index in [1.807, 2.05) is 48.5 Å². The monoisotopic (exact) mass is 391 g/mol. The third-order valence-electron chi connectivity index (χ3n) is 4.49. The summed E-state index contributed by atoms with van der Waals surface area (Å²) in [6.45, 7) is 1.19. The van der Waals surface area contributed by atoms with E-state index in [4.69, 9.17) is 9.47 Å². The molecule has 0 radical (unpaired) electrons. The molecular formula is C23H25N3O3. The standard InChI is InChI=1S/C23H25N3O3/c1-28-20-9-6-18(7-10-20)15-25-22-11-8-19(16-26-22)23(27)24-13-12-17-4-3-5-21(14-17)29-2/h3-11,14,16H,12-13,15H2,1-2H3,(H,24,27)(H,25,26). The molecule has 0 bridgehead atoms.